The Labute approximate surface area is 291 Å². The average molecular weight is 683 g/mol. The second kappa shape index (κ2) is 18.5. The monoisotopic (exact) mass is 682 g/mol. The van der Waals surface area contributed by atoms with Crippen LogP contribution < -0.4 is 21.7 Å². The molecule has 0 aliphatic rings. The van der Waals surface area contributed by atoms with Crippen LogP contribution in [-0.2, 0) is 43.2 Å². The van der Waals surface area contributed by atoms with Gasteiger partial charge in [0.15, 0.2) is 0 Å². The van der Waals surface area contributed by atoms with Crippen LogP contribution >= 0.6 is 0 Å². The second-order valence-electron chi connectivity index (χ2n) is 13.0. The molecular formula is C38H46N6O6. The number of carbonyl (C=O) groups is 5. The first kappa shape index (κ1) is 37.6. The van der Waals surface area contributed by atoms with Crippen LogP contribution in [0.3, 0.4) is 0 Å². The second-order valence-corrected chi connectivity index (χ2v) is 13.0. The molecule has 4 aromatic rings. The fraction of sp³-hybridized carbons (Fsp3) is 0.368. The average Bonchev–Trinajstić information content (AvgIpc) is 3.61. The van der Waals surface area contributed by atoms with E-state index < -0.39 is 54.0 Å². The summed E-state index contributed by atoms with van der Waals surface area (Å²) in [4.78, 5) is 72.2. The lowest BCUT2D eigenvalue weighted by atomic mass is 9.91. The molecule has 0 fully saturated rings. The molecule has 0 saturated carbocycles. The van der Waals surface area contributed by atoms with Crippen molar-refractivity contribution in [2.24, 2.45) is 17.6 Å². The van der Waals surface area contributed by atoms with Crippen molar-refractivity contribution in [3.63, 3.8) is 0 Å². The highest BCUT2D eigenvalue weighted by Crippen LogP contribution is 2.23. The van der Waals surface area contributed by atoms with E-state index in [2.05, 4.69) is 25.9 Å². The number of imidazole rings is 1. The summed E-state index contributed by atoms with van der Waals surface area (Å²) in [5.74, 6) is -4.86. The molecule has 7 N–H and O–H groups in total. The third-order valence-electron chi connectivity index (χ3n) is 8.46. The molecule has 1 unspecified atom stereocenters. The van der Waals surface area contributed by atoms with E-state index in [1.165, 1.54) is 6.33 Å². The number of nitrogens with one attached hydrogen (secondary N) is 4. The Morgan fingerprint density at radius 1 is 0.880 bits per heavy atom. The number of aromatic nitrogens is 2. The summed E-state index contributed by atoms with van der Waals surface area (Å²) in [5, 5.41) is 20.6. The molecular weight excluding hydrogens is 636 g/mol. The van der Waals surface area contributed by atoms with Crippen LogP contribution in [0.2, 0.25) is 0 Å². The number of aliphatic hydroxyl groups is 1. The zero-order valence-corrected chi connectivity index (χ0v) is 28.4. The minimum Gasteiger partial charge on any atom is -0.391 e. The lowest BCUT2D eigenvalue weighted by molar-refractivity contribution is -0.143. The number of hydrogen-bond donors (Lipinski definition) is 6. The number of imide groups is 1. The number of carbonyl (C=O) groups excluding carboxylic acids is 5. The topological polar surface area (TPSA) is 196 Å². The van der Waals surface area contributed by atoms with Gasteiger partial charge < -0.3 is 26.5 Å². The summed E-state index contributed by atoms with van der Waals surface area (Å²) < 4.78 is 0. The fourth-order valence-corrected chi connectivity index (χ4v) is 5.82. The number of rotatable bonds is 18. The van der Waals surface area contributed by atoms with E-state index in [0.717, 1.165) is 21.9 Å². The zero-order valence-electron chi connectivity index (χ0n) is 28.4. The van der Waals surface area contributed by atoms with Crippen LogP contribution in [0, 0.1) is 11.8 Å². The minimum atomic E-state index is -1.42. The molecule has 12 nitrogen and oxygen atoms in total. The molecule has 0 saturated heterocycles. The van der Waals surface area contributed by atoms with E-state index in [-0.39, 0.29) is 31.1 Å². The van der Waals surface area contributed by atoms with E-state index in [9.17, 15) is 29.1 Å². The van der Waals surface area contributed by atoms with Crippen molar-refractivity contribution >= 4 is 40.2 Å². The molecule has 1 aromatic heterocycles. The van der Waals surface area contributed by atoms with Crippen molar-refractivity contribution in [1.29, 1.82) is 0 Å². The Morgan fingerprint density at radius 3 is 2.32 bits per heavy atom. The molecule has 4 rings (SSSR count). The largest absolute Gasteiger partial charge is 0.391 e. The summed E-state index contributed by atoms with van der Waals surface area (Å²) in [6.45, 7) is 4.14. The van der Waals surface area contributed by atoms with Gasteiger partial charge in [0.1, 0.15) is 0 Å². The van der Waals surface area contributed by atoms with Crippen LogP contribution in [0.1, 0.15) is 49.9 Å². The first-order valence-corrected chi connectivity index (χ1v) is 16.9. The lowest BCUT2D eigenvalue weighted by Gasteiger charge is -2.26. The van der Waals surface area contributed by atoms with E-state index in [1.54, 1.807) is 6.20 Å². The number of amides is 4. The van der Waals surface area contributed by atoms with Crippen molar-refractivity contribution in [1.82, 2.24) is 25.9 Å². The smallest absolute Gasteiger partial charge is 0.294 e. The maximum absolute atomic E-state index is 13.5. The van der Waals surface area contributed by atoms with Gasteiger partial charge in [0.2, 0.25) is 23.5 Å². The number of aliphatic hydroxyl groups excluding tert-OH is 1. The molecule has 4 amide bonds. The maximum atomic E-state index is 13.5. The number of nitrogens with zero attached hydrogens (tertiary/aromatic N) is 1. The maximum Gasteiger partial charge on any atom is 0.294 e. The molecule has 12 heteroatoms. The third kappa shape index (κ3) is 11.5. The van der Waals surface area contributed by atoms with E-state index in [0.29, 0.717) is 25.1 Å². The highest BCUT2D eigenvalue weighted by atomic mass is 16.3. The van der Waals surface area contributed by atoms with Crippen molar-refractivity contribution in [3.8, 4) is 0 Å². The van der Waals surface area contributed by atoms with Crippen molar-refractivity contribution in [3.05, 3.63) is 102 Å². The highest BCUT2D eigenvalue weighted by molar-refractivity contribution is 6.38. The molecule has 50 heavy (non-hydrogen) atoms. The standard InChI is InChI=1S/C38H46N6O6/c1-24(2)17-32(43-37(49)31(39)20-29-22-40-23-42-29)33(45)21-34(46)38(50)44-36(48)28(18-27-13-8-12-26-11-6-7-14-30(26)27)19-35(47)41-16-15-25-9-4-3-5-10-25/h3-14,22-24,28,31-33,45H,15-21,39H2,1-2H3,(H,40,42)(H,41,47)(H,43,49)(H,44,48,50)/t28?,31-,32-,33-/m0/s1. The summed E-state index contributed by atoms with van der Waals surface area (Å²) in [7, 11) is 0. The van der Waals surface area contributed by atoms with E-state index in [4.69, 9.17) is 5.73 Å². The number of ketones is 1. The number of nitrogens with two attached hydrogens (primary N) is 1. The predicted octanol–water partition coefficient (Wildman–Crippen LogP) is 2.53. The van der Waals surface area contributed by atoms with E-state index >= 15 is 0 Å². The quantitative estimate of drug-likeness (QED) is 0.0861. The van der Waals surface area contributed by atoms with Crippen molar-refractivity contribution in [2.75, 3.05) is 6.54 Å². The molecule has 264 valence electrons. The van der Waals surface area contributed by atoms with Gasteiger partial charge in [-0.2, -0.15) is 0 Å². The van der Waals surface area contributed by atoms with Crippen LogP contribution in [0.5, 0.6) is 0 Å². The first-order valence-electron chi connectivity index (χ1n) is 16.9. The van der Waals surface area contributed by atoms with Gasteiger partial charge in [0, 0.05) is 37.7 Å². The SMILES string of the molecule is CC(C)C[C@H](NC(=O)[C@@H](N)Cc1cnc[nH]1)[C@@H](O)CC(=O)C(=O)NC(=O)C(CC(=O)NCCc1ccccc1)Cc1cccc2ccccc12. The molecule has 4 atom stereocenters. The molecule has 3 aromatic carbocycles. The Balaban J connectivity index is 1.40. The Morgan fingerprint density at radius 2 is 1.60 bits per heavy atom. The van der Waals surface area contributed by atoms with Crippen LogP contribution in [0.4, 0.5) is 0 Å². The Bertz CT molecular complexity index is 1740. The number of benzene rings is 3. The summed E-state index contributed by atoms with van der Waals surface area (Å²) in [6.07, 6.45) is 2.00. The fourth-order valence-electron chi connectivity index (χ4n) is 5.82. The highest BCUT2D eigenvalue weighted by Gasteiger charge is 2.31. The van der Waals surface area contributed by atoms with E-state index in [1.807, 2.05) is 86.6 Å². The summed E-state index contributed by atoms with van der Waals surface area (Å²) in [5.41, 5.74) is 8.58. The van der Waals surface area contributed by atoms with Gasteiger partial charge in [-0.05, 0) is 47.1 Å². The molecule has 0 radical (unpaired) electrons. The Kier molecular flexibility index (Phi) is 13.9. The number of fused-ring (bicyclic) bond motifs is 1. The number of hydrogen-bond acceptors (Lipinski definition) is 8. The molecule has 1 heterocycles. The van der Waals surface area contributed by atoms with Crippen LogP contribution in [-0.4, -0.2) is 69.2 Å². The van der Waals surface area contributed by atoms with Crippen LogP contribution in [0.25, 0.3) is 10.8 Å². The predicted molar refractivity (Wildman–Crippen MR) is 189 cm³/mol. The number of Topliss-reactive ketones (excluding diaryl/α,β-unsaturated/α-hetero) is 1. The lowest BCUT2D eigenvalue weighted by Crippen LogP contribution is -2.52. The molecule has 0 bridgehead atoms. The summed E-state index contributed by atoms with van der Waals surface area (Å²) >= 11 is 0. The van der Waals surface area contributed by atoms with Gasteiger partial charge in [-0.1, -0.05) is 86.6 Å². The Hall–Kier alpha value is -5.20. The summed E-state index contributed by atoms with van der Waals surface area (Å²) in [6, 6.07) is 21.2. The number of aromatic amines is 1. The van der Waals surface area contributed by atoms with Crippen molar-refractivity contribution in [2.45, 2.75) is 70.6 Å². The third-order valence-corrected chi connectivity index (χ3v) is 8.46. The van der Waals surface area contributed by atoms with Gasteiger partial charge in [0.25, 0.3) is 5.91 Å². The first-order chi connectivity index (χ1) is 24.0. The zero-order chi connectivity index (χ0) is 36.0. The van der Waals surface area contributed by atoms with Gasteiger partial charge in [-0.25, -0.2) is 4.98 Å². The minimum absolute atomic E-state index is 0.0259. The molecule has 0 aliphatic carbocycles. The van der Waals surface area contributed by atoms with Gasteiger partial charge in [-0.15, -0.1) is 0 Å². The van der Waals surface area contributed by atoms with Crippen molar-refractivity contribution < 1.29 is 29.1 Å². The van der Waals surface area contributed by atoms with Crippen LogP contribution in [0.15, 0.2) is 85.3 Å². The normalized spacial score (nSPS) is 13.6. The molecule has 0 spiro atoms. The number of H-pyrrole nitrogens is 1. The van der Waals surface area contributed by atoms with Gasteiger partial charge >= 0.3 is 0 Å². The van der Waals surface area contributed by atoms with Gasteiger partial charge in [0.05, 0.1) is 30.4 Å². The molecule has 0 aliphatic heterocycles. The van der Waals surface area contributed by atoms with Gasteiger partial charge in [-0.3, -0.25) is 29.3 Å².